The molecule has 2 aliphatic rings. The molecule has 1 saturated heterocycles. The highest BCUT2D eigenvalue weighted by atomic mass is 15.1. The highest BCUT2D eigenvalue weighted by Crippen LogP contribution is 2.40. The lowest BCUT2D eigenvalue weighted by Gasteiger charge is -2.42. The Hall–Kier alpha value is -3.79. The van der Waals surface area contributed by atoms with Crippen molar-refractivity contribution in [1.82, 2.24) is 9.80 Å². The summed E-state index contributed by atoms with van der Waals surface area (Å²) in [6.07, 6.45) is 25.7. The summed E-state index contributed by atoms with van der Waals surface area (Å²) in [4.78, 5) is 4.87. The molecule has 3 heteroatoms. The van der Waals surface area contributed by atoms with Crippen LogP contribution in [0.4, 0.5) is 0 Å². The van der Waals surface area contributed by atoms with Crippen LogP contribution in [0, 0.1) is 47.8 Å². The lowest BCUT2D eigenvalue weighted by molar-refractivity contribution is 0.0856. The highest BCUT2D eigenvalue weighted by molar-refractivity contribution is 5.82. The minimum absolute atomic E-state index is 0.140. The van der Waals surface area contributed by atoms with Crippen LogP contribution in [-0.2, 0) is 13.0 Å². The monoisotopic (exact) mass is 822 g/mol. The van der Waals surface area contributed by atoms with Gasteiger partial charge in [0.25, 0.3) is 0 Å². The van der Waals surface area contributed by atoms with E-state index in [1.807, 2.05) is 26.8 Å². The van der Waals surface area contributed by atoms with Gasteiger partial charge in [-0.15, -0.1) is 26.0 Å². The normalized spacial score (nSPS) is 15.8. The molecule has 2 aliphatic heterocycles. The summed E-state index contributed by atoms with van der Waals surface area (Å²) in [7, 11) is 2.10. The number of likely N-dealkylation sites (tertiary alicyclic amines) is 1. The quantitative estimate of drug-likeness (QED) is 0.0910. The average molecular weight is 822 g/mol. The van der Waals surface area contributed by atoms with Gasteiger partial charge >= 0.3 is 0 Å². The summed E-state index contributed by atoms with van der Waals surface area (Å²) in [6.45, 7) is 53.3. The van der Waals surface area contributed by atoms with E-state index in [4.69, 9.17) is 5.26 Å². The SMILES string of the molecule is C#C.C/C=C(C)\C(CCC)=C(/C)C(C)C.C=C.C=C1C(C)=C(C)C(c2cc(C)c(CN3CCC(CC)(CCC)CC3)c(CC)c2)=CN1C.CC.CC/C(C#N)=C/C(C)(C)C. The number of likely N-dealkylation sites (N-methyl/N-ethyl adjacent to an activating group) is 1. The summed E-state index contributed by atoms with van der Waals surface area (Å²) >= 11 is 0. The number of aryl methyl sites for hydroxylation is 2. The molecule has 1 aromatic rings. The van der Waals surface area contributed by atoms with Crippen molar-refractivity contribution in [1.29, 1.82) is 5.26 Å². The number of allylic oxidation sites excluding steroid dienone is 9. The third-order valence-electron chi connectivity index (χ3n) is 12.1. The lowest BCUT2D eigenvalue weighted by atomic mass is 9.73. The third kappa shape index (κ3) is 20.2. The van der Waals surface area contributed by atoms with Crippen LogP contribution in [0.2, 0.25) is 0 Å². The average Bonchev–Trinajstić information content (AvgIpc) is 3.25. The van der Waals surface area contributed by atoms with E-state index in [2.05, 4.69) is 184 Å². The molecule has 0 amide bonds. The highest BCUT2D eigenvalue weighted by Gasteiger charge is 2.32. The molecule has 338 valence electrons. The molecular formula is C57H95N3. The van der Waals surface area contributed by atoms with Gasteiger partial charge in [-0.3, -0.25) is 4.90 Å². The van der Waals surface area contributed by atoms with Crippen molar-refractivity contribution in [2.75, 3.05) is 20.1 Å². The Labute approximate surface area is 375 Å². The molecular weight excluding hydrogens is 727 g/mol. The van der Waals surface area contributed by atoms with E-state index in [1.165, 1.54) is 97.0 Å². The van der Waals surface area contributed by atoms with E-state index in [9.17, 15) is 0 Å². The van der Waals surface area contributed by atoms with Gasteiger partial charge in [-0.05, 0) is 149 Å². The van der Waals surface area contributed by atoms with Gasteiger partial charge in [0.05, 0.1) is 6.07 Å². The second-order valence-electron chi connectivity index (χ2n) is 17.6. The molecule has 0 aromatic heterocycles. The lowest BCUT2D eigenvalue weighted by Crippen LogP contribution is -2.39. The first-order valence-electron chi connectivity index (χ1n) is 23.2. The van der Waals surface area contributed by atoms with Crippen LogP contribution in [0.1, 0.15) is 191 Å². The molecule has 1 fully saturated rings. The molecule has 3 nitrogen and oxygen atoms in total. The Morgan fingerprint density at radius 2 is 1.50 bits per heavy atom. The Balaban J connectivity index is -0.000000926. The van der Waals surface area contributed by atoms with Crippen LogP contribution in [0.5, 0.6) is 0 Å². The number of benzene rings is 1. The second-order valence-corrected chi connectivity index (χ2v) is 17.6. The van der Waals surface area contributed by atoms with Crippen LogP contribution in [-0.4, -0.2) is 29.9 Å². The number of terminal acetylenes is 1. The number of nitriles is 1. The third-order valence-corrected chi connectivity index (χ3v) is 12.1. The Kier molecular flexibility index (Phi) is 32.3. The molecule has 60 heavy (non-hydrogen) atoms. The number of rotatable bonds is 12. The topological polar surface area (TPSA) is 30.3 Å². The molecule has 0 unspecified atom stereocenters. The predicted molar refractivity (Wildman–Crippen MR) is 274 cm³/mol. The van der Waals surface area contributed by atoms with Crippen molar-refractivity contribution >= 4 is 5.57 Å². The minimum Gasteiger partial charge on any atom is -0.351 e. The van der Waals surface area contributed by atoms with Crippen molar-refractivity contribution in [3.63, 3.8) is 0 Å². The molecule has 1 aromatic carbocycles. The number of nitrogens with zero attached hydrogens (tertiary/aromatic N) is 3. The molecule has 0 spiro atoms. The predicted octanol–water partition coefficient (Wildman–Crippen LogP) is 17.2. The molecule has 3 rings (SSSR count). The maximum Gasteiger partial charge on any atom is 0.0943 e. The fourth-order valence-electron chi connectivity index (χ4n) is 7.86. The summed E-state index contributed by atoms with van der Waals surface area (Å²) in [5.74, 6) is 0.677. The molecule has 0 aliphatic carbocycles. The number of piperidine rings is 1. The molecule has 0 radical (unpaired) electrons. The van der Waals surface area contributed by atoms with E-state index >= 15 is 0 Å². The maximum atomic E-state index is 8.57. The first kappa shape index (κ1) is 60.5. The van der Waals surface area contributed by atoms with Gasteiger partial charge < -0.3 is 4.90 Å². The molecule has 2 heterocycles. The summed E-state index contributed by atoms with van der Waals surface area (Å²) in [5.41, 5.74) is 17.1. The van der Waals surface area contributed by atoms with Crippen molar-refractivity contribution in [2.24, 2.45) is 16.7 Å². The number of hydrogen-bond donors (Lipinski definition) is 0. The smallest absolute Gasteiger partial charge is 0.0943 e. The summed E-state index contributed by atoms with van der Waals surface area (Å²) < 4.78 is 0. The number of hydrogen-bond acceptors (Lipinski definition) is 3. The van der Waals surface area contributed by atoms with Crippen LogP contribution in [0.15, 0.2) is 89.4 Å². The minimum atomic E-state index is 0.140. The van der Waals surface area contributed by atoms with Gasteiger partial charge in [0.2, 0.25) is 0 Å². The van der Waals surface area contributed by atoms with E-state index in [0.717, 1.165) is 30.7 Å². The fourth-order valence-corrected chi connectivity index (χ4v) is 7.86. The zero-order chi connectivity index (χ0) is 47.4. The van der Waals surface area contributed by atoms with Crippen molar-refractivity contribution in [3.8, 4) is 18.9 Å². The van der Waals surface area contributed by atoms with Gasteiger partial charge in [-0.2, -0.15) is 5.26 Å². The first-order valence-corrected chi connectivity index (χ1v) is 23.2. The van der Waals surface area contributed by atoms with Crippen LogP contribution >= 0.6 is 0 Å². The zero-order valence-corrected chi connectivity index (χ0v) is 43.1. The Bertz CT molecular complexity index is 1630. The summed E-state index contributed by atoms with van der Waals surface area (Å²) in [5, 5.41) is 8.57. The Morgan fingerprint density at radius 3 is 1.88 bits per heavy atom. The Morgan fingerprint density at radius 1 is 0.950 bits per heavy atom. The van der Waals surface area contributed by atoms with Crippen molar-refractivity contribution in [2.45, 2.75) is 189 Å². The first-order chi connectivity index (χ1) is 28.3. The molecule has 0 atom stereocenters. The molecule has 0 bridgehead atoms. The van der Waals surface area contributed by atoms with Gasteiger partial charge in [-0.25, -0.2) is 0 Å². The summed E-state index contributed by atoms with van der Waals surface area (Å²) in [6, 6.07) is 7.03. The zero-order valence-electron chi connectivity index (χ0n) is 43.1. The van der Waals surface area contributed by atoms with Gasteiger partial charge in [0.15, 0.2) is 0 Å². The van der Waals surface area contributed by atoms with Gasteiger partial charge in [0, 0.05) is 36.6 Å². The van der Waals surface area contributed by atoms with Crippen LogP contribution in [0.3, 0.4) is 0 Å². The fraction of sp³-hybridized carbons (Fsp3) is 0.596. The molecule has 0 N–H and O–H groups in total. The van der Waals surface area contributed by atoms with Crippen LogP contribution in [0.25, 0.3) is 5.57 Å². The van der Waals surface area contributed by atoms with Crippen molar-refractivity contribution < 1.29 is 0 Å². The van der Waals surface area contributed by atoms with Crippen LogP contribution < -0.4 is 0 Å². The van der Waals surface area contributed by atoms with E-state index in [0.29, 0.717) is 11.3 Å². The van der Waals surface area contributed by atoms with Gasteiger partial charge in [-0.1, -0.05) is 144 Å². The van der Waals surface area contributed by atoms with Crippen molar-refractivity contribution in [3.05, 3.63) is 112 Å². The standard InChI is InChI=1S/C29H44N2.C13H24.C9H15N.C2H6.C2H4.C2H2/c1-9-12-29(11-3)13-15-31(16-14-29)20-27-21(4)17-26(18-25(27)10-2)28-19-30(8)24(7)22(5)23(28)6;1-7-9-13(11(5)8-2)12(6)10(3)4;1-5-8(7-10)6-9(2,3)4;3*1-2/h17-19H,7,9-16,20H2,1-6,8H3;8,10H,7,9H2,1-6H3;6H,5H2,1-4H3;1-2H3;1-2H2;1-2H/b;11-8-,13-12+;8-6-;;;. The molecule has 0 saturated carbocycles. The van der Waals surface area contributed by atoms with E-state index in [1.54, 1.807) is 16.7 Å². The van der Waals surface area contributed by atoms with E-state index in [-0.39, 0.29) is 5.41 Å². The largest absolute Gasteiger partial charge is 0.351 e. The van der Waals surface area contributed by atoms with Gasteiger partial charge in [0.1, 0.15) is 0 Å². The second kappa shape index (κ2) is 32.0. The van der Waals surface area contributed by atoms with E-state index < -0.39 is 0 Å². The maximum absolute atomic E-state index is 8.57.